The van der Waals surface area contributed by atoms with E-state index in [9.17, 15) is 5.21 Å². The highest BCUT2D eigenvalue weighted by molar-refractivity contribution is 6.00. The Morgan fingerprint density at radius 3 is 2.35 bits per heavy atom. The normalized spacial score (nSPS) is 11.7. The van der Waals surface area contributed by atoms with Crippen LogP contribution in [0.5, 0.6) is 0 Å². The maximum Gasteiger partial charge on any atom is 0.0872 e. The van der Waals surface area contributed by atoms with Gasteiger partial charge in [0, 0.05) is 17.0 Å². The molecule has 0 amide bonds. The van der Waals surface area contributed by atoms with Gasteiger partial charge >= 0.3 is 0 Å². The smallest absolute Gasteiger partial charge is 0.0872 e. The minimum atomic E-state index is 0.710. The van der Waals surface area contributed by atoms with Gasteiger partial charge in [0.2, 0.25) is 0 Å². The van der Waals surface area contributed by atoms with Crippen molar-refractivity contribution in [1.29, 1.82) is 0 Å². The van der Waals surface area contributed by atoms with Gasteiger partial charge in [0.15, 0.2) is 0 Å². The van der Waals surface area contributed by atoms with Gasteiger partial charge in [-0.15, -0.1) is 0 Å². The maximum absolute atomic E-state index is 9.28. The summed E-state index contributed by atoms with van der Waals surface area (Å²) in [6, 6.07) is 12.2. The quantitative estimate of drug-likeness (QED) is 0.520. The summed E-state index contributed by atoms with van der Waals surface area (Å²) < 4.78 is 0. The third-order valence-electron chi connectivity index (χ3n) is 3.43. The molecule has 0 spiro atoms. The Hall–Kier alpha value is -2.16. The second kappa shape index (κ2) is 6.33. The summed E-state index contributed by atoms with van der Waals surface area (Å²) in [5, 5.41) is 12.8. The van der Waals surface area contributed by atoms with E-state index in [-0.39, 0.29) is 0 Å². The molecule has 0 bridgehead atoms. The Labute approximate surface area is 120 Å². The summed E-state index contributed by atoms with van der Waals surface area (Å²) in [5.74, 6) is 0. The average molecular weight is 268 g/mol. The fourth-order valence-corrected chi connectivity index (χ4v) is 2.40. The Bertz CT molecular complexity index is 612. The lowest BCUT2D eigenvalue weighted by Crippen LogP contribution is -2.05. The fraction of sp³-hybridized carbons (Fsp3) is 0.294. The van der Waals surface area contributed by atoms with E-state index in [0.717, 1.165) is 23.4 Å². The van der Waals surface area contributed by atoms with Crippen molar-refractivity contribution in [3.05, 3.63) is 64.5 Å². The van der Waals surface area contributed by atoms with Crippen molar-refractivity contribution in [3.63, 3.8) is 0 Å². The zero-order valence-electron chi connectivity index (χ0n) is 12.2. The highest BCUT2D eigenvalue weighted by Gasteiger charge is 2.08. The number of oxime groups is 1. The van der Waals surface area contributed by atoms with Crippen LogP contribution in [0.2, 0.25) is 0 Å². The van der Waals surface area contributed by atoms with Crippen molar-refractivity contribution < 1.29 is 5.21 Å². The van der Waals surface area contributed by atoms with Gasteiger partial charge in [-0.3, -0.25) is 4.98 Å². The number of nitrogens with zero attached hydrogens (tertiary/aromatic N) is 2. The number of hydrogen-bond donors (Lipinski definition) is 1. The van der Waals surface area contributed by atoms with E-state index in [0.29, 0.717) is 12.1 Å². The lowest BCUT2D eigenvalue weighted by atomic mass is 9.99. The third-order valence-corrected chi connectivity index (χ3v) is 3.43. The van der Waals surface area contributed by atoms with E-state index < -0.39 is 0 Å². The van der Waals surface area contributed by atoms with Gasteiger partial charge < -0.3 is 5.21 Å². The lowest BCUT2D eigenvalue weighted by Gasteiger charge is -2.08. The molecule has 0 radical (unpaired) electrons. The Balaban J connectivity index is 2.16. The number of aromatic nitrogens is 1. The van der Waals surface area contributed by atoms with E-state index in [1.807, 2.05) is 38.1 Å². The molecule has 1 aromatic heterocycles. The molecule has 2 aromatic rings. The number of benzene rings is 1. The first-order chi connectivity index (χ1) is 9.60. The predicted molar refractivity (Wildman–Crippen MR) is 81.5 cm³/mol. The van der Waals surface area contributed by atoms with Crippen LogP contribution in [-0.4, -0.2) is 15.9 Å². The molecule has 3 nitrogen and oxygen atoms in total. The van der Waals surface area contributed by atoms with Crippen LogP contribution < -0.4 is 0 Å². The minimum absolute atomic E-state index is 0.710. The first kappa shape index (κ1) is 14.3. The zero-order chi connectivity index (χ0) is 14.5. The van der Waals surface area contributed by atoms with E-state index in [1.165, 1.54) is 11.1 Å². The third kappa shape index (κ3) is 3.44. The summed E-state index contributed by atoms with van der Waals surface area (Å²) in [4.78, 5) is 4.35. The Morgan fingerprint density at radius 2 is 1.75 bits per heavy atom. The van der Waals surface area contributed by atoms with Crippen molar-refractivity contribution in [1.82, 2.24) is 4.98 Å². The topological polar surface area (TPSA) is 45.5 Å². The molecule has 0 saturated heterocycles. The monoisotopic (exact) mass is 268 g/mol. The van der Waals surface area contributed by atoms with Crippen molar-refractivity contribution in [2.24, 2.45) is 5.16 Å². The van der Waals surface area contributed by atoms with E-state index in [4.69, 9.17) is 0 Å². The molecule has 20 heavy (non-hydrogen) atoms. The molecule has 0 fully saturated rings. The molecule has 1 aromatic carbocycles. The minimum Gasteiger partial charge on any atom is -0.411 e. The standard InChI is InChI=1S/C17H20N2O/c1-12-6-4-5-7-15(12)8-9-17(19-20)16-10-13(2)18-14(3)11-16/h4-7,10-11,20H,8-9H2,1-3H3. The van der Waals surface area contributed by atoms with Crippen LogP contribution in [0, 0.1) is 20.8 Å². The lowest BCUT2D eigenvalue weighted by molar-refractivity contribution is 0.318. The molecule has 2 rings (SSSR count). The second-order valence-electron chi connectivity index (χ2n) is 5.11. The van der Waals surface area contributed by atoms with Crippen molar-refractivity contribution >= 4 is 5.71 Å². The molecule has 0 unspecified atom stereocenters. The molecule has 0 atom stereocenters. The van der Waals surface area contributed by atoms with Gasteiger partial charge in [-0.2, -0.15) is 0 Å². The van der Waals surface area contributed by atoms with Crippen LogP contribution in [-0.2, 0) is 6.42 Å². The van der Waals surface area contributed by atoms with E-state index in [1.54, 1.807) is 0 Å². The molecule has 0 aliphatic carbocycles. The van der Waals surface area contributed by atoms with Crippen molar-refractivity contribution in [2.45, 2.75) is 33.6 Å². The van der Waals surface area contributed by atoms with Crippen LogP contribution in [0.15, 0.2) is 41.6 Å². The SMILES string of the molecule is Cc1cc(C(CCc2ccccc2C)=NO)cc(C)n1. The highest BCUT2D eigenvalue weighted by Crippen LogP contribution is 2.14. The molecular weight excluding hydrogens is 248 g/mol. The molecule has 104 valence electrons. The van der Waals surface area contributed by atoms with E-state index >= 15 is 0 Å². The molecule has 3 heteroatoms. The summed E-state index contributed by atoms with van der Waals surface area (Å²) in [6.45, 7) is 6.01. The Kier molecular flexibility index (Phi) is 4.51. The summed E-state index contributed by atoms with van der Waals surface area (Å²) in [5.41, 5.74) is 6.10. The van der Waals surface area contributed by atoms with Gasteiger partial charge in [0.25, 0.3) is 0 Å². The van der Waals surface area contributed by atoms with Crippen LogP contribution in [0.3, 0.4) is 0 Å². The highest BCUT2D eigenvalue weighted by atomic mass is 16.4. The summed E-state index contributed by atoms with van der Waals surface area (Å²) in [7, 11) is 0. The van der Waals surface area contributed by atoms with Gasteiger partial charge in [-0.1, -0.05) is 29.4 Å². The molecule has 0 saturated carbocycles. The zero-order valence-corrected chi connectivity index (χ0v) is 12.2. The number of hydrogen-bond acceptors (Lipinski definition) is 3. The van der Waals surface area contributed by atoms with Crippen LogP contribution in [0.4, 0.5) is 0 Å². The van der Waals surface area contributed by atoms with Crippen LogP contribution in [0.25, 0.3) is 0 Å². The molecule has 1 N–H and O–H groups in total. The number of pyridine rings is 1. The summed E-state index contributed by atoms with van der Waals surface area (Å²) >= 11 is 0. The summed E-state index contributed by atoms with van der Waals surface area (Å²) in [6.07, 6.45) is 1.58. The fourth-order valence-electron chi connectivity index (χ4n) is 2.40. The van der Waals surface area contributed by atoms with Crippen LogP contribution in [0.1, 0.15) is 34.5 Å². The second-order valence-corrected chi connectivity index (χ2v) is 5.11. The Morgan fingerprint density at radius 1 is 1.10 bits per heavy atom. The molecular formula is C17H20N2O. The van der Waals surface area contributed by atoms with Gasteiger partial charge in [-0.25, -0.2) is 0 Å². The average Bonchev–Trinajstić information content (AvgIpc) is 2.40. The van der Waals surface area contributed by atoms with E-state index in [2.05, 4.69) is 29.2 Å². The van der Waals surface area contributed by atoms with Gasteiger partial charge in [0.1, 0.15) is 0 Å². The molecule has 0 aliphatic rings. The first-order valence-corrected chi connectivity index (χ1v) is 6.81. The largest absolute Gasteiger partial charge is 0.411 e. The molecule has 0 aliphatic heterocycles. The number of rotatable bonds is 4. The maximum atomic E-state index is 9.28. The predicted octanol–water partition coefficient (Wildman–Crippen LogP) is 3.82. The van der Waals surface area contributed by atoms with Crippen molar-refractivity contribution in [3.8, 4) is 0 Å². The van der Waals surface area contributed by atoms with Crippen molar-refractivity contribution in [2.75, 3.05) is 0 Å². The number of aryl methyl sites for hydroxylation is 4. The van der Waals surface area contributed by atoms with Gasteiger partial charge in [-0.05, 0) is 56.9 Å². The first-order valence-electron chi connectivity index (χ1n) is 6.81. The van der Waals surface area contributed by atoms with Crippen LogP contribution >= 0.6 is 0 Å². The molecule has 1 heterocycles. The van der Waals surface area contributed by atoms with Gasteiger partial charge in [0.05, 0.1) is 5.71 Å².